The maximum atomic E-state index is 13.2. The minimum atomic E-state index is -0.204. The first kappa shape index (κ1) is 12.7. The highest BCUT2D eigenvalue weighted by molar-refractivity contribution is 5.19. The summed E-state index contributed by atoms with van der Waals surface area (Å²) in [5.74, 6) is -0.204. The quantitative estimate of drug-likeness (QED) is 0.879. The zero-order valence-corrected chi connectivity index (χ0v) is 10.6. The summed E-state index contributed by atoms with van der Waals surface area (Å²) in [7, 11) is 1.89. The van der Waals surface area contributed by atoms with Gasteiger partial charge in [0.1, 0.15) is 5.82 Å². The van der Waals surface area contributed by atoms with E-state index < -0.39 is 0 Å². The predicted molar refractivity (Wildman–Crippen MR) is 67.6 cm³/mol. The summed E-state index contributed by atoms with van der Waals surface area (Å²) in [5.41, 5.74) is 1.97. The van der Waals surface area contributed by atoms with Crippen molar-refractivity contribution in [2.45, 2.75) is 25.9 Å². The molecule has 96 valence electrons. The zero-order valence-electron chi connectivity index (χ0n) is 10.6. The van der Waals surface area contributed by atoms with E-state index in [2.05, 4.69) is 15.6 Å². The molecule has 1 N–H and O–H groups in total. The highest BCUT2D eigenvalue weighted by Gasteiger charge is 2.15. The first-order chi connectivity index (χ1) is 8.74. The van der Waals surface area contributed by atoms with Crippen molar-refractivity contribution in [3.8, 4) is 0 Å². The van der Waals surface area contributed by atoms with Gasteiger partial charge in [0.25, 0.3) is 0 Å². The summed E-state index contributed by atoms with van der Waals surface area (Å²) in [6, 6.07) is 6.75. The van der Waals surface area contributed by atoms with Gasteiger partial charge in [-0.2, -0.15) is 0 Å². The van der Waals surface area contributed by atoms with E-state index >= 15 is 0 Å². The lowest BCUT2D eigenvalue weighted by atomic mass is 10.0. The number of aryl methyl sites for hydroxylation is 1. The van der Waals surface area contributed by atoms with E-state index in [1.165, 1.54) is 6.07 Å². The topological polar surface area (TPSA) is 42.7 Å². The fourth-order valence-electron chi connectivity index (χ4n) is 2.04. The molecule has 1 aromatic carbocycles. The molecule has 0 saturated carbocycles. The van der Waals surface area contributed by atoms with Crippen LogP contribution < -0.4 is 5.32 Å². The van der Waals surface area contributed by atoms with Crippen LogP contribution in [0.25, 0.3) is 0 Å². The lowest BCUT2D eigenvalue weighted by Crippen LogP contribution is -2.22. The highest BCUT2D eigenvalue weighted by Crippen LogP contribution is 2.17. The molecule has 0 amide bonds. The average Bonchev–Trinajstić information content (AvgIpc) is 2.84. The van der Waals surface area contributed by atoms with Gasteiger partial charge >= 0.3 is 0 Å². The number of benzene rings is 1. The van der Waals surface area contributed by atoms with Crippen molar-refractivity contribution < 1.29 is 4.39 Å². The molecule has 0 aliphatic heterocycles. The largest absolute Gasteiger partial charge is 0.311 e. The van der Waals surface area contributed by atoms with E-state index in [0.29, 0.717) is 6.42 Å². The van der Waals surface area contributed by atoms with Crippen LogP contribution in [0.15, 0.2) is 30.5 Å². The van der Waals surface area contributed by atoms with Crippen LogP contribution in [0.4, 0.5) is 4.39 Å². The molecule has 1 aromatic heterocycles. The molecule has 1 atom stereocenters. The van der Waals surface area contributed by atoms with Gasteiger partial charge < -0.3 is 5.32 Å². The Balaban J connectivity index is 2.20. The van der Waals surface area contributed by atoms with Gasteiger partial charge in [-0.3, -0.25) is 0 Å². The van der Waals surface area contributed by atoms with E-state index in [9.17, 15) is 4.39 Å². The van der Waals surface area contributed by atoms with Gasteiger partial charge in [0.2, 0.25) is 0 Å². The predicted octanol–water partition coefficient (Wildman–Crippen LogP) is 1.94. The van der Waals surface area contributed by atoms with Crippen LogP contribution in [0.5, 0.6) is 0 Å². The van der Waals surface area contributed by atoms with Crippen LogP contribution in [-0.4, -0.2) is 22.0 Å². The Morgan fingerprint density at radius 2 is 2.28 bits per heavy atom. The van der Waals surface area contributed by atoms with Crippen LogP contribution in [0, 0.1) is 5.82 Å². The molecular weight excluding hydrogens is 231 g/mol. The Morgan fingerprint density at radius 3 is 2.94 bits per heavy atom. The molecule has 0 radical (unpaired) electrons. The van der Waals surface area contributed by atoms with Crippen molar-refractivity contribution in [3.05, 3.63) is 47.5 Å². The van der Waals surface area contributed by atoms with E-state index in [1.54, 1.807) is 18.3 Å². The van der Waals surface area contributed by atoms with E-state index in [-0.39, 0.29) is 11.9 Å². The molecule has 5 heteroatoms. The van der Waals surface area contributed by atoms with E-state index in [1.807, 2.05) is 24.7 Å². The second-order valence-electron chi connectivity index (χ2n) is 4.15. The fourth-order valence-corrected chi connectivity index (χ4v) is 2.04. The lowest BCUT2D eigenvalue weighted by Gasteiger charge is -2.16. The highest BCUT2D eigenvalue weighted by atomic mass is 19.1. The minimum absolute atomic E-state index is 0.0850. The Kier molecular flexibility index (Phi) is 4.04. The second kappa shape index (κ2) is 5.73. The summed E-state index contributed by atoms with van der Waals surface area (Å²) >= 11 is 0. The van der Waals surface area contributed by atoms with Gasteiger partial charge in [0, 0.05) is 6.54 Å². The van der Waals surface area contributed by atoms with Gasteiger partial charge in [-0.15, -0.1) is 5.10 Å². The van der Waals surface area contributed by atoms with Crippen LogP contribution in [-0.2, 0) is 13.0 Å². The van der Waals surface area contributed by atoms with Gasteiger partial charge in [0.05, 0.1) is 17.9 Å². The Labute approximate surface area is 106 Å². The summed E-state index contributed by atoms with van der Waals surface area (Å²) in [4.78, 5) is 0. The summed E-state index contributed by atoms with van der Waals surface area (Å²) in [6.45, 7) is 2.80. The SMILES string of the molecule is CCn1nncc1C(Cc1cccc(F)c1)NC. The average molecular weight is 248 g/mol. The lowest BCUT2D eigenvalue weighted by molar-refractivity contribution is 0.507. The number of nitrogens with zero attached hydrogens (tertiary/aromatic N) is 3. The van der Waals surface area contributed by atoms with Crippen LogP contribution in [0.3, 0.4) is 0 Å². The molecule has 1 heterocycles. The van der Waals surface area contributed by atoms with Gasteiger partial charge in [-0.1, -0.05) is 17.3 Å². The van der Waals surface area contributed by atoms with Crippen molar-refractivity contribution in [1.82, 2.24) is 20.3 Å². The fraction of sp³-hybridized carbons (Fsp3) is 0.385. The molecule has 4 nitrogen and oxygen atoms in total. The molecule has 2 rings (SSSR count). The Hall–Kier alpha value is -1.75. The molecule has 0 aliphatic rings. The molecule has 2 aromatic rings. The normalized spacial score (nSPS) is 12.6. The third-order valence-corrected chi connectivity index (χ3v) is 2.98. The summed E-state index contributed by atoms with van der Waals surface area (Å²) in [5, 5.41) is 11.2. The second-order valence-corrected chi connectivity index (χ2v) is 4.15. The Bertz CT molecular complexity index is 509. The van der Waals surface area contributed by atoms with Gasteiger partial charge in [-0.05, 0) is 38.1 Å². The third-order valence-electron chi connectivity index (χ3n) is 2.98. The van der Waals surface area contributed by atoms with Crippen molar-refractivity contribution in [2.24, 2.45) is 0 Å². The van der Waals surface area contributed by atoms with Crippen LogP contribution in [0.1, 0.15) is 24.2 Å². The molecule has 0 fully saturated rings. The third kappa shape index (κ3) is 2.73. The molecule has 0 aliphatic carbocycles. The number of likely N-dealkylation sites (N-methyl/N-ethyl adjacent to an activating group) is 1. The maximum absolute atomic E-state index is 13.2. The van der Waals surface area contributed by atoms with Crippen LogP contribution in [0.2, 0.25) is 0 Å². The summed E-state index contributed by atoms with van der Waals surface area (Å²) in [6.07, 6.45) is 2.46. The van der Waals surface area contributed by atoms with Crippen LogP contribution >= 0.6 is 0 Å². The number of nitrogens with one attached hydrogen (secondary N) is 1. The molecule has 0 saturated heterocycles. The van der Waals surface area contributed by atoms with Gasteiger partial charge in [-0.25, -0.2) is 9.07 Å². The van der Waals surface area contributed by atoms with Gasteiger partial charge in [0.15, 0.2) is 0 Å². The first-order valence-corrected chi connectivity index (χ1v) is 6.04. The van der Waals surface area contributed by atoms with Crippen molar-refractivity contribution in [3.63, 3.8) is 0 Å². The molecule has 18 heavy (non-hydrogen) atoms. The number of aromatic nitrogens is 3. The number of hydrogen-bond donors (Lipinski definition) is 1. The number of hydrogen-bond acceptors (Lipinski definition) is 3. The number of halogens is 1. The standard InChI is InChI=1S/C13H17FN4/c1-3-18-13(9-16-17-18)12(15-2)8-10-5-4-6-11(14)7-10/h4-7,9,12,15H,3,8H2,1-2H3. The van der Waals surface area contributed by atoms with E-state index in [0.717, 1.165) is 17.8 Å². The summed E-state index contributed by atoms with van der Waals surface area (Å²) < 4.78 is 15.0. The number of rotatable bonds is 5. The van der Waals surface area contributed by atoms with E-state index in [4.69, 9.17) is 0 Å². The molecule has 1 unspecified atom stereocenters. The molecule has 0 spiro atoms. The molecule has 0 bridgehead atoms. The van der Waals surface area contributed by atoms with Crippen molar-refractivity contribution in [1.29, 1.82) is 0 Å². The molecular formula is C13H17FN4. The smallest absolute Gasteiger partial charge is 0.123 e. The first-order valence-electron chi connectivity index (χ1n) is 6.04. The minimum Gasteiger partial charge on any atom is -0.311 e. The van der Waals surface area contributed by atoms with Crippen molar-refractivity contribution in [2.75, 3.05) is 7.05 Å². The maximum Gasteiger partial charge on any atom is 0.123 e. The zero-order chi connectivity index (χ0) is 13.0. The van der Waals surface area contributed by atoms with Crippen molar-refractivity contribution >= 4 is 0 Å². The monoisotopic (exact) mass is 248 g/mol. The Morgan fingerprint density at radius 1 is 1.44 bits per heavy atom.